The molecule has 19 aromatic rings. The van der Waals surface area contributed by atoms with Gasteiger partial charge >= 0.3 is 0 Å². The van der Waals surface area contributed by atoms with Crippen LogP contribution >= 0.6 is 0 Å². The van der Waals surface area contributed by atoms with Crippen LogP contribution in [0.4, 0.5) is 51.2 Å². The van der Waals surface area contributed by atoms with E-state index in [0.29, 0.717) is 0 Å². The summed E-state index contributed by atoms with van der Waals surface area (Å²) in [5.41, 5.74) is 28.4. The minimum atomic E-state index is 1.07. The lowest BCUT2D eigenvalue weighted by atomic mass is 10.0. The molecule has 5 nitrogen and oxygen atoms in total. The molecule has 0 aliphatic heterocycles. The van der Waals surface area contributed by atoms with E-state index >= 15 is 0 Å². The zero-order chi connectivity index (χ0) is 69.6. The van der Waals surface area contributed by atoms with E-state index in [0.717, 1.165) is 101 Å². The Kier molecular flexibility index (Phi) is 15.9. The zero-order valence-corrected chi connectivity index (χ0v) is 57.6. The van der Waals surface area contributed by atoms with Crippen molar-refractivity contribution >= 4 is 106 Å². The Morgan fingerprint density at radius 1 is 0.152 bits per heavy atom. The highest BCUT2D eigenvalue weighted by molar-refractivity contribution is 6.12. The standard InChI is InChI=1S/C100H69N5/c1-5-22-70(23-6-1)71-46-60-87(61-47-71)103(96-41-21-25-76-24-13-14-36-91(76)96)88-62-50-75(51-63-88)80-53-65-100-95(69-80)93-38-16-18-40-98(93)105(100)90-35-20-27-78(67-90)77-26-19-34-89(66-77)102(82-30-9-3-10-31-82)86-56-44-73(45-57-86)72-42-54-84(55-43-72)101(81-28-7-2-8-29-81)85-58-48-74(49-59-85)79-52-64-99-94(68-79)92-37-15-17-39-97(92)104(99)83-32-11-4-12-33-83/h1-69H. The van der Waals surface area contributed by atoms with Crippen molar-refractivity contribution in [3.05, 3.63) is 419 Å². The molecule has 0 atom stereocenters. The summed E-state index contributed by atoms with van der Waals surface area (Å²) in [5.74, 6) is 0. The van der Waals surface area contributed by atoms with Crippen molar-refractivity contribution in [3.8, 4) is 67.0 Å². The lowest BCUT2D eigenvalue weighted by Crippen LogP contribution is -2.10. The second-order valence-electron chi connectivity index (χ2n) is 26.9. The van der Waals surface area contributed by atoms with Crippen molar-refractivity contribution in [1.29, 1.82) is 0 Å². The van der Waals surface area contributed by atoms with Gasteiger partial charge in [0.05, 0.1) is 27.8 Å². The Morgan fingerprint density at radius 3 is 0.952 bits per heavy atom. The molecular weight excluding hydrogens is 1270 g/mol. The van der Waals surface area contributed by atoms with Gasteiger partial charge in [-0.05, 0) is 225 Å². The monoisotopic (exact) mass is 1340 g/mol. The highest BCUT2D eigenvalue weighted by Crippen LogP contribution is 2.45. The number of nitrogens with zero attached hydrogens (tertiary/aromatic N) is 5. The van der Waals surface area contributed by atoms with Gasteiger partial charge in [0.1, 0.15) is 0 Å². The number of hydrogen-bond donors (Lipinski definition) is 0. The molecule has 2 aromatic heterocycles. The Balaban J connectivity index is 0.594. The van der Waals surface area contributed by atoms with Crippen molar-refractivity contribution in [2.24, 2.45) is 0 Å². The maximum atomic E-state index is 2.42. The molecule has 0 aliphatic rings. The third kappa shape index (κ3) is 11.6. The summed E-state index contributed by atoms with van der Waals surface area (Å²) >= 11 is 0. The first-order valence-corrected chi connectivity index (χ1v) is 35.9. The number of anilines is 9. The maximum absolute atomic E-state index is 2.42. The fourth-order valence-electron chi connectivity index (χ4n) is 15.6. The van der Waals surface area contributed by atoms with Gasteiger partial charge in [-0.3, -0.25) is 0 Å². The molecule has 0 radical (unpaired) electrons. The van der Waals surface area contributed by atoms with Gasteiger partial charge in [0.15, 0.2) is 0 Å². The molecule has 2 heterocycles. The first-order chi connectivity index (χ1) is 52.1. The third-order valence-electron chi connectivity index (χ3n) is 20.7. The topological polar surface area (TPSA) is 19.6 Å². The minimum Gasteiger partial charge on any atom is -0.311 e. The van der Waals surface area contributed by atoms with Gasteiger partial charge in [-0.1, -0.05) is 255 Å². The zero-order valence-electron chi connectivity index (χ0n) is 57.6. The summed E-state index contributed by atoms with van der Waals surface area (Å²) in [7, 11) is 0. The van der Waals surface area contributed by atoms with Crippen molar-refractivity contribution in [3.63, 3.8) is 0 Å². The molecule has 19 rings (SSSR count). The quantitative estimate of drug-likeness (QED) is 0.0961. The Hall–Kier alpha value is -14.0. The normalized spacial score (nSPS) is 11.4. The SMILES string of the molecule is c1ccc(-c2ccc(N(c3ccc(-c4ccc5c(c4)c4ccccc4n5-c4cccc(-c5cccc(N(c6ccccc6)c6ccc(-c7ccc(N(c8ccccc8)c8ccc(-c9ccc%10c(c9)c9ccccc9n%10-c9ccccc9)cc8)cc7)cc6)c5)c4)cc3)c3cccc4ccccc34)cc2)cc1. The van der Waals surface area contributed by atoms with Crippen molar-refractivity contribution in [1.82, 2.24) is 9.13 Å². The average molecular weight is 1340 g/mol. The minimum absolute atomic E-state index is 1.07. The molecule has 0 aliphatic carbocycles. The summed E-state index contributed by atoms with van der Waals surface area (Å²) in [6.07, 6.45) is 0. The smallest absolute Gasteiger partial charge is 0.0541 e. The molecule has 0 bridgehead atoms. The van der Waals surface area contributed by atoms with E-state index in [1.807, 2.05) is 0 Å². The van der Waals surface area contributed by atoms with Crippen LogP contribution < -0.4 is 14.7 Å². The van der Waals surface area contributed by atoms with Crippen LogP contribution in [0.2, 0.25) is 0 Å². The number of fused-ring (bicyclic) bond motifs is 7. The molecular formula is C100H69N5. The van der Waals surface area contributed by atoms with Crippen molar-refractivity contribution in [2.75, 3.05) is 14.7 Å². The molecule has 0 amide bonds. The molecule has 17 aromatic carbocycles. The van der Waals surface area contributed by atoms with Crippen LogP contribution in [0.3, 0.4) is 0 Å². The lowest BCUT2D eigenvalue weighted by Gasteiger charge is -2.27. The largest absolute Gasteiger partial charge is 0.311 e. The van der Waals surface area contributed by atoms with Crippen molar-refractivity contribution in [2.45, 2.75) is 0 Å². The fourth-order valence-corrected chi connectivity index (χ4v) is 15.6. The molecule has 0 saturated carbocycles. The Morgan fingerprint density at radius 2 is 0.448 bits per heavy atom. The highest BCUT2D eigenvalue weighted by Gasteiger charge is 2.21. The summed E-state index contributed by atoms with van der Waals surface area (Å²) in [4.78, 5) is 7.08. The van der Waals surface area contributed by atoms with E-state index < -0.39 is 0 Å². The number of hydrogen-bond acceptors (Lipinski definition) is 3. The van der Waals surface area contributed by atoms with Gasteiger partial charge < -0.3 is 23.8 Å². The second kappa shape index (κ2) is 26.8. The van der Waals surface area contributed by atoms with Gasteiger partial charge in [-0.15, -0.1) is 0 Å². The van der Waals surface area contributed by atoms with Gasteiger partial charge in [0, 0.05) is 83.8 Å². The van der Waals surface area contributed by atoms with Crippen molar-refractivity contribution < 1.29 is 0 Å². The van der Waals surface area contributed by atoms with Gasteiger partial charge in [-0.25, -0.2) is 0 Å². The highest BCUT2D eigenvalue weighted by atomic mass is 15.2. The Bertz CT molecular complexity index is 6340. The van der Waals surface area contributed by atoms with E-state index in [4.69, 9.17) is 0 Å². The van der Waals surface area contributed by atoms with Crippen LogP contribution in [-0.4, -0.2) is 9.13 Å². The van der Waals surface area contributed by atoms with Crippen LogP contribution in [0.5, 0.6) is 0 Å². The predicted octanol–water partition coefficient (Wildman–Crippen LogP) is 27.8. The molecule has 0 unspecified atom stereocenters. The predicted molar refractivity (Wildman–Crippen MR) is 444 cm³/mol. The van der Waals surface area contributed by atoms with E-state index in [9.17, 15) is 0 Å². The van der Waals surface area contributed by atoms with E-state index in [1.165, 1.54) is 71.2 Å². The first kappa shape index (κ1) is 62.0. The first-order valence-electron chi connectivity index (χ1n) is 35.9. The number of aromatic nitrogens is 2. The van der Waals surface area contributed by atoms with Gasteiger partial charge in [-0.2, -0.15) is 0 Å². The number of benzene rings is 17. The van der Waals surface area contributed by atoms with Gasteiger partial charge in [0.25, 0.3) is 0 Å². The van der Waals surface area contributed by atoms with Crippen LogP contribution in [0, 0.1) is 0 Å². The summed E-state index contributed by atoms with van der Waals surface area (Å²) in [6, 6.07) is 152. The van der Waals surface area contributed by atoms with Gasteiger partial charge in [0.2, 0.25) is 0 Å². The molecule has 0 N–H and O–H groups in total. The summed E-state index contributed by atoms with van der Waals surface area (Å²) in [5, 5.41) is 7.31. The summed E-state index contributed by atoms with van der Waals surface area (Å²) < 4.78 is 4.79. The number of para-hydroxylation sites is 5. The van der Waals surface area contributed by atoms with Crippen LogP contribution in [0.15, 0.2) is 419 Å². The maximum Gasteiger partial charge on any atom is 0.0541 e. The Labute approximate surface area is 611 Å². The molecule has 5 heteroatoms. The third-order valence-corrected chi connectivity index (χ3v) is 20.7. The average Bonchev–Trinajstić information content (AvgIpc) is 1.61. The molecule has 494 valence electrons. The second-order valence-corrected chi connectivity index (χ2v) is 26.9. The lowest BCUT2D eigenvalue weighted by molar-refractivity contribution is 1.18. The van der Waals surface area contributed by atoms with Crippen LogP contribution in [0.25, 0.3) is 121 Å². The molecule has 0 spiro atoms. The molecule has 0 fully saturated rings. The summed E-state index contributed by atoms with van der Waals surface area (Å²) in [6.45, 7) is 0. The van der Waals surface area contributed by atoms with E-state index in [2.05, 4.69) is 442 Å². The van der Waals surface area contributed by atoms with E-state index in [-0.39, 0.29) is 0 Å². The molecule has 0 saturated heterocycles. The number of rotatable bonds is 16. The van der Waals surface area contributed by atoms with Crippen LogP contribution in [-0.2, 0) is 0 Å². The molecule has 105 heavy (non-hydrogen) atoms. The van der Waals surface area contributed by atoms with Crippen LogP contribution in [0.1, 0.15) is 0 Å². The fraction of sp³-hybridized carbons (Fsp3) is 0. The van der Waals surface area contributed by atoms with E-state index in [1.54, 1.807) is 0 Å².